The lowest BCUT2D eigenvalue weighted by atomic mass is 10.0. The van der Waals surface area contributed by atoms with Crippen LogP contribution in [-0.4, -0.2) is 23.3 Å². The molecule has 0 saturated heterocycles. The molecule has 110 valence electrons. The quantitative estimate of drug-likeness (QED) is 0.477. The minimum absolute atomic E-state index is 0.0233. The molecular weight excluding hydrogens is 280 g/mol. The Bertz CT molecular complexity index is 491. The van der Waals surface area contributed by atoms with Crippen LogP contribution in [0.5, 0.6) is 0 Å². The van der Waals surface area contributed by atoms with E-state index in [0.717, 1.165) is 12.8 Å². The molecule has 1 amide bonds. The van der Waals surface area contributed by atoms with Gasteiger partial charge in [0.25, 0.3) is 11.6 Å². The molecule has 5 nitrogen and oxygen atoms in total. The first-order valence-electron chi connectivity index (χ1n) is 6.58. The van der Waals surface area contributed by atoms with Gasteiger partial charge in [-0.15, -0.1) is 11.6 Å². The predicted octanol–water partition coefficient (Wildman–Crippen LogP) is 3.29. The Kier molecular flexibility index (Phi) is 6.45. The first-order valence-corrected chi connectivity index (χ1v) is 7.12. The van der Waals surface area contributed by atoms with Gasteiger partial charge in [-0.1, -0.05) is 13.3 Å². The number of alkyl halides is 1. The molecule has 0 saturated carbocycles. The molecule has 1 aromatic carbocycles. The highest BCUT2D eigenvalue weighted by Crippen LogP contribution is 2.18. The maximum absolute atomic E-state index is 12.0. The Morgan fingerprint density at radius 3 is 2.70 bits per heavy atom. The summed E-state index contributed by atoms with van der Waals surface area (Å²) in [5, 5.41) is 13.6. The zero-order valence-corrected chi connectivity index (χ0v) is 12.4. The number of hydrogen-bond donors (Lipinski definition) is 1. The third kappa shape index (κ3) is 4.49. The van der Waals surface area contributed by atoms with Gasteiger partial charge in [-0.05, 0) is 31.4 Å². The van der Waals surface area contributed by atoms with Gasteiger partial charge in [0.1, 0.15) is 0 Å². The van der Waals surface area contributed by atoms with Gasteiger partial charge in [0, 0.05) is 29.6 Å². The smallest absolute Gasteiger partial charge is 0.272 e. The van der Waals surface area contributed by atoms with E-state index in [-0.39, 0.29) is 11.6 Å². The van der Waals surface area contributed by atoms with Crippen LogP contribution < -0.4 is 5.32 Å². The topological polar surface area (TPSA) is 72.2 Å². The standard InChI is InChI=1S/C14H19ClN2O3/c1-3-11(6-7-15)9-16-14(18)12-4-5-13(17(19)20)10(2)8-12/h4-5,8,11H,3,6-7,9H2,1-2H3,(H,16,18). The van der Waals surface area contributed by atoms with Crippen molar-refractivity contribution in [3.63, 3.8) is 0 Å². The molecule has 0 aliphatic heterocycles. The van der Waals surface area contributed by atoms with E-state index in [1.807, 2.05) is 0 Å². The van der Waals surface area contributed by atoms with Crippen LogP contribution in [0.1, 0.15) is 35.7 Å². The Morgan fingerprint density at radius 1 is 1.50 bits per heavy atom. The highest BCUT2D eigenvalue weighted by atomic mass is 35.5. The van der Waals surface area contributed by atoms with Crippen LogP contribution in [-0.2, 0) is 0 Å². The van der Waals surface area contributed by atoms with Crippen LogP contribution in [0.25, 0.3) is 0 Å². The summed E-state index contributed by atoms with van der Waals surface area (Å²) in [7, 11) is 0. The van der Waals surface area contributed by atoms with Gasteiger partial charge in [0.15, 0.2) is 0 Å². The van der Waals surface area contributed by atoms with Crippen molar-refractivity contribution in [2.75, 3.05) is 12.4 Å². The van der Waals surface area contributed by atoms with Gasteiger partial charge < -0.3 is 5.32 Å². The summed E-state index contributed by atoms with van der Waals surface area (Å²) in [6.45, 7) is 4.24. The Labute approximate surface area is 123 Å². The van der Waals surface area contributed by atoms with Crippen LogP contribution >= 0.6 is 11.6 Å². The SMILES string of the molecule is CCC(CCCl)CNC(=O)c1ccc([N+](=O)[O-])c(C)c1. The molecular formula is C14H19ClN2O3. The van der Waals surface area contributed by atoms with Crippen LogP contribution in [0.15, 0.2) is 18.2 Å². The van der Waals surface area contributed by atoms with Crippen molar-refractivity contribution in [2.45, 2.75) is 26.7 Å². The van der Waals surface area contributed by atoms with Gasteiger partial charge in [-0.25, -0.2) is 0 Å². The lowest BCUT2D eigenvalue weighted by Gasteiger charge is -2.14. The lowest BCUT2D eigenvalue weighted by molar-refractivity contribution is -0.385. The number of rotatable bonds is 7. The fraction of sp³-hybridized carbons (Fsp3) is 0.500. The fourth-order valence-corrected chi connectivity index (χ4v) is 2.25. The Morgan fingerprint density at radius 2 is 2.20 bits per heavy atom. The van der Waals surface area contributed by atoms with Gasteiger partial charge >= 0.3 is 0 Å². The van der Waals surface area contributed by atoms with E-state index < -0.39 is 4.92 Å². The Hall–Kier alpha value is -1.62. The number of nitrogens with zero attached hydrogens (tertiary/aromatic N) is 1. The summed E-state index contributed by atoms with van der Waals surface area (Å²) in [6, 6.07) is 4.37. The third-order valence-electron chi connectivity index (χ3n) is 3.30. The largest absolute Gasteiger partial charge is 0.352 e. The van der Waals surface area contributed by atoms with Gasteiger partial charge in [-0.3, -0.25) is 14.9 Å². The normalized spacial score (nSPS) is 11.9. The lowest BCUT2D eigenvalue weighted by Crippen LogP contribution is -2.29. The minimum atomic E-state index is -0.454. The van der Waals surface area contributed by atoms with Gasteiger partial charge in [0.2, 0.25) is 0 Å². The number of amides is 1. The van der Waals surface area contributed by atoms with E-state index >= 15 is 0 Å². The summed E-state index contributed by atoms with van der Waals surface area (Å²) in [4.78, 5) is 22.3. The first kappa shape index (κ1) is 16.4. The average Bonchev–Trinajstić information content (AvgIpc) is 2.42. The monoisotopic (exact) mass is 298 g/mol. The Balaban J connectivity index is 2.68. The van der Waals surface area contributed by atoms with Crippen LogP contribution in [0, 0.1) is 23.0 Å². The first-order chi connectivity index (χ1) is 9.49. The summed E-state index contributed by atoms with van der Waals surface area (Å²) >= 11 is 5.70. The number of carbonyl (C=O) groups excluding carboxylic acids is 1. The highest BCUT2D eigenvalue weighted by molar-refractivity contribution is 6.17. The van der Waals surface area contributed by atoms with E-state index in [1.165, 1.54) is 18.2 Å². The summed E-state index contributed by atoms with van der Waals surface area (Å²) in [6.07, 6.45) is 1.81. The average molecular weight is 299 g/mol. The van der Waals surface area contributed by atoms with E-state index in [2.05, 4.69) is 12.2 Å². The van der Waals surface area contributed by atoms with Crippen molar-refractivity contribution in [1.29, 1.82) is 0 Å². The predicted molar refractivity (Wildman–Crippen MR) is 79.3 cm³/mol. The van der Waals surface area contributed by atoms with Crippen molar-refractivity contribution in [2.24, 2.45) is 5.92 Å². The van der Waals surface area contributed by atoms with Crippen LogP contribution in [0.2, 0.25) is 0 Å². The molecule has 0 radical (unpaired) electrons. The molecule has 0 heterocycles. The summed E-state index contributed by atoms with van der Waals surface area (Å²) in [5.74, 6) is 0.719. The van der Waals surface area contributed by atoms with Gasteiger partial charge in [0.05, 0.1) is 4.92 Å². The number of nitrogens with one attached hydrogen (secondary N) is 1. The molecule has 1 rings (SSSR count). The van der Waals surface area contributed by atoms with Crippen LogP contribution in [0.4, 0.5) is 5.69 Å². The molecule has 1 N–H and O–H groups in total. The van der Waals surface area contributed by atoms with Crippen LogP contribution in [0.3, 0.4) is 0 Å². The second-order valence-electron chi connectivity index (χ2n) is 4.72. The number of halogens is 1. The number of nitro benzene ring substituents is 1. The van der Waals surface area contributed by atoms with Crippen molar-refractivity contribution in [1.82, 2.24) is 5.32 Å². The van der Waals surface area contributed by atoms with E-state index in [9.17, 15) is 14.9 Å². The van der Waals surface area contributed by atoms with E-state index in [4.69, 9.17) is 11.6 Å². The highest BCUT2D eigenvalue weighted by Gasteiger charge is 2.14. The third-order valence-corrected chi connectivity index (χ3v) is 3.52. The van der Waals surface area contributed by atoms with Gasteiger partial charge in [-0.2, -0.15) is 0 Å². The molecule has 20 heavy (non-hydrogen) atoms. The molecule has 0 fully saturated rings. The molecule has 0 spiro atoms. The fourth-order valence-electron chi connectivity index (χ4n) is 1.95. The second kappa shape index (κ2) is 7.85. The number of hydrogen-bond acceptors (Lipinski definition) is 3. The van der Waals surface area contributed by atoms with Crippen molar-refractivity contribution in [3.8, 4) is 0 Å². The minimum Gasteiger partial charge on any atom is -0.352 e. The molecule has 1 unspecified atom stereocenters. The molecule has 0 aliphatic carbocycles. The zero-order chi connectivity index (χ0) is 15.1. The van der Waals surface area contributed by atoms with Crippen molar-refractivity contribution >= 4 is 23.2 Å². The molecule has 0 aliphatic rings. The maximum Gasteiger partial charge on any atom is 0.272 e. The second-order valence-corrected chi connectivity index (χ2v) is 5.10. The summed E-state index contributed by atoms with van der Waals surface area (Å²) in [5.41, 5.74) is 0.944. The van der Waals surface area contributed by atoms with E-state index in [0.29, 0.717) is 29.5 Å². The number of benzene rings is 1. The number of nitro groups is 1. The zero-order valence-electron chi connectivity index (χ0n) is 11.7. The molecule has 0 aromatic heterocycles. The number of carbonyl (C=O) groups is 1. The van der Waals surface area contributed by atoms with Crippen molar-refractivity contribution in [3.05, 3.63) is 39.4 Å². The summed E-state index contributed by atoms with van der Waals surface area (Å²) < 4.78 is 0. The maximum atomic E-state index is 12.0. The van der Waals surface area contributed by atoms with Crippen molar-refractivity contribution < 1.29 is 9.72 Å². The van der Waals surface area contributed by atoms with E-state index in [1.54, 1.807) is 6.92 Å². The molecule has 6 heteroatoms. The molecule has 1 atom stereocenters. The molecule has 1 aromatic rings. The number of aryl methyl sites for hydroxylation is 1. The molecule has 0 bridgehead atoms.